The van der Waals surface area contributed by atoms with Crippen LogP contribution in [0.3, 0.4) is 0 Å². The van der Waals surface area contributed by atoms with E-state index < -0.39 is 40.6 Å². The van der Waals surface area contributed by atoms with Crippen molar-refractivity contribution in [2.75, 3.05) is 5.88 Å². The second-order valence-corrected chi connectivity index (χ2v) is 12.1. The van der Waals surface area contributed by atoms with Crippen LogP contribution in [-0.4, -0.2) is 56.5 Å². The molecule has 7 nitrogen and oxygen atoms in total. The third-order valence-corrected chi connectivity index (χ3v) is 8.52. The van der Waals surface area contributed by atoms with Crippen LogP contribution in [0.25, 0.3) is 0 Å². The number of rotatable bonds is 9. The number of aliphatic hydroxyl groups excluding tert-OH is 1. The zero-order valence-electron chi connectivity index (χ0n) is 22.8. The van der Waals surface area contributed by atoms with Gasteiger partial charge in [0.2, 0.25) is 5.91 Å². The van der Waals surface area contributed by atoms with E-state index in [4.69, 9.17) is 0 Å². The van der Waals surface area contributed by atoms with E-state index in [-0.39, 0.29) is 23.8 Å². The minimum absolute atomic E-state index is 0.176. The molecule has 1 aliphatic heterocycles. The van der Waals surface area contributed by atoms with Gasteiger partial charge in [-0.25, -0.2) is 4.39 Å². The van der Waals surface area contributed by atoms with Gasteiger partial charge in [0.15, 0.2) is 6.10 Å². The molecular formula is C31H34FN3O4S. The Bertz CT molecular complexity index is 1350. The molecule has 3 N–H and O–H groups in total. The number of carbonyl (C=O) groups excluding carboxylic acids is 3. The molecule has 0 radical (unpaired) electrons. The van der Waals surface area contributed by atoms with Gasteiger partial charge in [-0.3, -0.25) is 14.4 Å². The molecule has 3 unspecified atom stereocenters. The number of amides is 3. The summed E-state index contributed by atoms with van der Waals surface area (Å²) in [5.74, 6) is -1.76. The molecule has 40 heavy (non-hydrogen) atoms. The molecule has 3 aromatic rings. The van der Waals surface area contributed by atoms with Crippen molar-refractivity contribution in [1.29, 1.82) is 0 Å². The Balaban J connectivity index is 1.54. The lowest BCUT2D eigenvalue weighted by Crippen LogP contribution is -2.58. The molecule has 9 heteroatoms. The predicted molar refractivity (Wildman–Crippen MR) is 154 cm³/mol. The number of halogens is 1. The summed E-state index contributed by atoms with van der Waals surface area (Å²) >= 11 is 1.45. The van der Waals surface area contributed by atoms with E-state index in [1.54, 1.807) is 0 Å². The summed E-state index contributed by atoms with van der Waals surface area (Å²) in [7, 11) is 0. The van der Waals surface area contributed by atoms with E-state index >= 15 is 0 Å². The molecule has 1 aliphatic rings. The highest BCUT2D eigenvalue weighted by Gasteiger charge is 2.49. The summed E-state index contributed by atoms with van der Waals surface area (Å²) in [4.78, 5) is 41.6. The molecule has 3 amide bonds. The molecule has 0 saturated carbocycles. The van der Waals surface area contributed by atoms with E-state index in [1.165, 1.54) is 40.9 Å². The van der Waals surface area contributed by atoms with Crippen molar-refractivity contribution in [3.63, 3.8) is 0 Å². The first kappa shape index (κ1) is 29.3. The van der Waals surface area contributed by atoms with Gasteiger partial charge in [0.25, 0.3) is 11.8 Å². The standard InChI is InChI=1S/C31H34FN3O4S/c1-20-9-7-8-12-23(20)18-33-29(38)27-31(2,3)40-19-35(27)30(39)26(36)25(17-21-10-5-4-6-11-21)34-28(37)22-13-15-24(32)16-14-22/h4-16,25-27,36H,17-19H2,1-3H3,(H,33,38)(H,34,37). The molecule has 1 fully saturated rings. The maximum Gasteiger partial charge on any atom is 0.254 e. The number of benzene rings is 3. The van der Waals surface area contributed by atoms with Crippen LogP contribution in [-0.2, 0) is 22.6 Å². The van der Waals surface area contributed by atoms with Gasteiger partial charge in [-0.2, -0.15) is 0 Å². The highest BCUT2D eigenvalue weighted by Crippen LogP contribution is 2.40. The fourth-order valence-corrected chi connectivity index (χ4v) is 5.95. The second kappa shape index (κ2) is 12.7. The normalized spacial score (nSPS) is 17.6. The highest BCUT2D eigenvalue weighted by molar-refractivity contribution is 8.00. The third kappa shape index (κ3) is 6.89. The predicted octanol–water partition coefficient (Wildman–Crippen LogP) is 3.83. The Labute approximate surface area is 238 Å². The monoisotopic (exact) mass is 563 g/mol. The van der Waals surface area contributed by atoms with Crippen LogP contribution in [0.15, 0.2) is 78.9 Å². The molecule has 1 heterocycles. The van der Waals surface area contributed by atoms with E-state index in [0.717, 1.165) is 16.7 Å². The van der Waals surface area contributed by atoms with E-state index in [0.29, 0.717) is 6.54 Å². The number of nitrogens with one attached hydrogen (secondary N) is 2. The molecule has 3 atom stereocenters. The SMILES string of the molecule is Cc1ccccc1CNC(=O)C1N(C(=O)C(O)C(Cc2ccccc2)NC(=O)c2ccc(F)cc2)CSC1(C)C. The Morgan fingerprint density at radius 3 is 2.35 bits per heavy atom. The Hall–Kier alpha value is -3.69. The molecule has 0 aliphatic carbocycles. The maximum atomic E-state index is 13.8. The first-order chi connectivity index (χ1) is 19.1. The molecule has 3 aromatic carbocycles. The molecule has 0 spiro atoms. The van der Waals surface area contributed by atoms with Gasteiger partial charge >= 0.3 is 0 Å². The van der Waals surface area contributed by atoms with Crippen molar-refractivity contribution >= 4 is 29.5 Å². The Morgan fingerprint density at radius 2 is 1.68 bits per heavy atom. The number of thioether (sulfide) groups is 1. The average Bonchev–Trinajstić information content (AvgIpc) is 3.27. The first-order valence-electron chi connectivity index (χ1n) is 13.1. The molecule has 0 aromatic heterocycles. The first-order valence-corrected chi connectivity index (χ1v) is 14.1. The van der Waals surface area contributed by atoms with E-state index in [2.05, 4.69) is 10.6 Å². The van der Waals surface area contributed by atoms with Crippen molar-refractivity contribution in [2.24, 2.45) is 0 Å². The lowest BCUT2D eigenvalue weighted by atomic mass is 9.96. The van der Waals surface area contributed by atoms with Crippen LogP contribution in [0.2, 0.25) is 0 Å². The van der Waals surface area contributed by atoms with Gasteiger partial charge in [-0.15, -0.1) is 11.8 Å². The Kier molecular flexibility index (Phi) is 9.27. The zero-order chi connectivity index (χ0) is 28.9. The summed E-state index contributed by atoms with van der Waals surface area (Å²) < 4.78 is 12.8. The zero-order valence-corrected chi connectivity index (χ0v) is 23.6. The third-order valence-electron chi connectivity index (χ3n) is 7.15. The van der Waals surface area contributed by atoms with Crippen molar-refractivity contribution in [1.82, 2.24) is 15.5 Å². The number of aliphatic hydroxyl groups is 1. The molecule has 0 bridgehead atoms. The molecular weight excluding hydrogens is 529 g/mol. The molecule has 4 rings (SSSR count). The summed E-state index contributed by atoms with van der Waals surface area (Å²) in [5.41, 5.74) is 3.03. The fraction of sp³-hybridized carbons (Fsp3) is 0.323. The summed E-state index contributed by atoms with van der Waals surface area (Å²) in [6.07, 6.45) is -1.44. The van der Waals surface area contributed by atoms with Crippen LogP contribution < -0.4 is 10.6 Å². The summed E-state index contributed by atoms with van der Waals surface area (Å²) in [6.45, 7) is 6.08. The van der Waals surface area contributed by atoms with E-state index in [1.807, 2.05) is 75.4 Å². The van der Waals surface area contributed by atoms with Crippen LogP contribution in [0.4, 0.5) is 4.39 Å². The van der Waals surface area contributed by atoms with Gasteiger partial charge in [-0.05, 0) is 68.1 Å². The van der Waals surface area contributed by atoms with Gasteiger partial charge < -0.3 is 20.6 Å². The van der Waals surface area contributed by atoms with Crippen molar-refractivity contribution in [3.05, 3.63) is 107 Å². The lowest BCUT2D eigenvalue weighted by molar-refractivity contribution is -0.147. The fourth-order valence-electron chi connectivity index (χ4n) is 4.80. The minimum Gasteiger partial charge on any atom is -0.381 e. The average molecular weight is 564 g/mol. The van der Waals surface area contributed by atoms with Gasteiger partial charge in [0.05, 0.1) is 11.9 Å². The number of aryl methyl sites for hydroxylation is 1. The largest absolute Gasteiger partial charge is 0.381 e. The molecule has 210 valence electrons. The summed E-state index contributed by atoms with van der Waals surface area (Å²) in [6, 6.07) is 20.1. The highest BCUT2D eigenvalue weighted by atomic mass is 32.2. The molecule has 1 saturated heterocycles. The van der Waals surface area contributed by atoms with Crippen molar-refractivity contribution in [2.45, 2.75) is 56.7 Å². The number of carbonyl (C=O) groups is 3. The van der Waals surface area contributed by atoms with Gasteiger partial charge in [0.1, 0.15) is 11.9 Å². The van der Waals surface area contributed by atoms with Crippen molar-refractivity contribution < 1.29 is 23.9 Å². The minimum atomic E-state index is -1.62. The number of hydrogen-bond donors (Lipinski definition) is 3. The van der Waals surface area contributed by atoms with Gasteiger partial charge in [0, 0.05) is 16.9 Å². The maximum absolute atomic E-state index is 13.8. The van der Waals surface area contributed by atoms with Crippen LogP contribution >= 0.6 is 11.8 Å². The van der Waals surface area contributed by atoms with Crippen LogP contribution in [0, 0.1) is 12.7 Å². The number of nitrogens with zero attached hydrogens (tertiary/aromatic N) is 1. The van der Waals surface area contributed by atoms with Crippen LogP contribution in [0.5, 0.6) is 0 Å². The number of hydrogen-bond acceptors (Lipinski definition) is 5. The topological polar surface area (TPSA) is 98.7 Å². The Morgan fingerprint density at radius 1 is 1.02 bits per heavy atom. The van der Waals surface area contributed by atoms with E-state index in [9.17, 15) is 23.9 Å². The summed E-state index contributed by atoms with van der Waals surface area (Å²) in [5, 5.41) is 17.1. The smallest absolute Gasteiger partial charge is 0.254 e. The van der Waals surface area contributed by atoms with Crippen molar-refractivity contribution in [3.8, 4) is 0 Å². The lowest BCUT2D eigenvalue weighted by Gasteiger charge is -2.33. The van der Waals surface area contributed by atoms with Crippen LogP contribution in [0.1, 0.15) is 40.9 Å². The second-order valence-electron chi connectivity index (χ2n) is 10.5. The quantitative estimate of drug-likeness (QED) is 0.368. The van der Waals surface area contributed by atoms with Gasteiger partial charge in [-0.1, -0.05) is 54.6 Å².